The van der Waals surface area contributed by atoms with Crippen LogP contribution < -0.4 is 16.4 Å². The number of nitrogens with one attached hydrogen (secondary N) is 2. The smallest absolute Gasteiger partial charge is 0.229 e. The standard InChI is InChI=1S/C10H15N7/c1-17-7-8(6-14-17)15-10-13-4-2-9(16-10)12-5-3-11/h2,4,6-7H,3,5,11H2,1H3,(H2,12,13,15,16). The first-order valence-electron chi connectivity index (χ1n) is 5.30. The highest BCUT2D eigenvalue weighted by atomic mass is 15.3. The van der Waals surface area contributed by atoms with E-state index in [1.165, 1.54) is 0 Å². The highest BCUT2D eigenvalue weighted by Crippen LogP contribution is 2.12. The van der Waals surface area contributed by atoms with E-state index in [2.05, 4.69) is 25.7 Å². The monoisotopic (exact) mass is 233 g/mol. The Kier molecular flexibility index (Phi) is 3.51. The molecular formula is C10H15N7. The van der Waals surface area contributed by atoms with E-state index in [0.717, 1.165) is 11.5 Å². The largest absolute Gasteiger partial charge is 0.369 e. The van der Waals surface area contributed by atoms with E-state index in [0.29, 0.717) is 19.0 Å². The van der Waals surface area contributed by atoms with Gasteiger partial charge in [-0.2, -0.15) is 10.1 Å². The minimum absolute atomic E-state index is 0.528. The topological polar surface area (TPSA) is 93.7 Å². The zero-order valence-electron chi connectivity index (χ0n) is 9.59. The van der Waals surface area contributed by atoms with E-state index < -0.39 is 0 Å². The van der Waals surface area contributed by atoms with Crippen molar-refractivity contribution < 1.29 is 0 Å². The van der Waals surface area contributed by atoms with E-state index in [4.69, 9.17) is 5.73 Å². The summed E-state index contributed by atoms with van der Waals surface area (Å²) in [6.45, 7) is 1.25. The quantitative estimate of drug-likeness (QED) is 0.688. The summed E-state index contributed by atoms with van der Waals surface area (Å²) in [5, 5.41) is 10.2. The third-order valence-electron chi connectivity index (χ3n) is 2.07. The molecule has 0 aliphatic heterocycles. The van der Waals surface area contributed by atoms with Crippen LogP contribution in [0.2, 0.25) is 0 Å². The fourth-order valence-corrected chi connectivity index (χ4v) is 1.33. The van der Waals surface area contributed by atoms with Gasteiger partial charge < -0.3 is 16.4 Å². The number of aromatic nitrogens is 4. The molecular weight excluding hydrogens is 218 g/mol. The maximum absolute atomic E-state index is 5.41. The van der Waals surface area contributed by atoms with Gasteiger partial charge in [-0.15, -0.1) is 0 Å². The number of aryl methyl sites for hydroxylation is 1. The van der Waals surface area contributed by atoms with E-state index in [1.807, 2.05) is 13.2 Å². The third kappa shape index (κ3) is 3.15. The Morgan fingerprint density at radius 1 is 1.47 bits per heavy atom. The summed E-state index contributed by atoms with van der Waals surface area (Å²) in [7, 11) is 1.85. The molecule has 0 aromatic carbocycles. The minimum Gasteiger partial charge on any atom is -0.369 e. The van der Waals surface area contributed by atoms with Gasteiger partial charge in [0.25, 0.3) is 0 Å². The minimum atomic E-state index is 0.528. The average molecular weight is 233 g/mol. The number of hydrogen-bond acceptors (Lipinski definition) is 6. The van der Waals surface area contributed by atoms with Gasteiger partial charge in [-0.05, 0) is 6.07 Å². The van der Waals surface area contributed by atoms with Crippen LogP contribution in [0.15, 0.2) is 24.7 Å². The molecule has 0 unspecified atom stereocenters. The van der Waals surface area contributed by atoms with Crippen molar-refractivity contribution in [2.45, 2.75) is 0 Å². The summed E-state index contributed by atoms with van der Waals surface area (Å²) in [4.78, 5) is 8.41. The zero-order chi connectivity index (χ0) is 12.1. The molecule has 7 heteroatoms. The van der Waals surface area contributed by atoms with Gasteiger partial charge in [-0.3, -0.25) is 4.68 Å². The van der Waals surface area contributed by atoms with Crippen molar-refractivity contribution in [3.8, 4) is 0 Å². The molecule has 17 heavy (non-hydrogen) atoms. The first kappa shape index (κ1) is 11.3. The molecule has 0 amide bonds. The van der Waals surface area contributed by atoms with Crippen molar-refractivity contribution in [1.82, 2.24) is 19.7 Å². The number of nitrogens with two attached hydrogens (primary N) is 1. The molecule has 2 aromatic rings. The second-order valence-electron chi connectivity index (χ2n) is 3.51. The van der Waals surface area contributed by atoms with Crippen molar-refractivity contribution in [1.29, 1.82) is 0 Å². The Balaban J connectivity index is 2.05. The third-order valence-corrected chi connectivity index (χ3v) is 2.07. The second-order valence-corrected chi connectivity index (χ2v) is 3.51. The van der Waals surface area contributed by atoms with Gasteiger partial charge in [0.05, 0.1) is 11.9 Å². The molecule has 0 saturated carbocycles. The molecule has 0 aliphatic carbocycles. The summed E-state index contributed by atoms with van der Waals surface area (Å²) >= 11 is 0. The van der Waals surface area contributed by atoms with Crippen LogP contribution in [-0.2, 0) is 7.05 Å². The molecule has 0 saturated heterocycles. The number of anilines is 3. The molecule has 2 rings (SSSR count). The van der Waals surface area contributed by atoms with E-state index in [1.54, 1.807) is 23.1 Å². The van der Waals surface area contributed by atoms with Crippen molar-refractivity contribution in [2.24, 2.45) is 12.8 Å². The van der Waals surface area contributed by atoms with E-state index in [9.17, 15) is 0 Å². The molecule has 0 atom stereocenters. The molecule has 0 fully saturated rings. The summed E-state index contributed by atoms with van der Waals surface area (Å²) in [5.41, 5.74) is 6.26. The zero-order valence-corrected chi connectivity index (χ0v) is 9.59. The van der Waals surface area contributed by atoms with Gasteiger partial charge in [0.15, 0.2) is 0 Å². The first-order chi connectivity index (χ1) is 8.28. The summed E-state index contributed by atoms with van der Waals surface area (Å²) in [5.74, 6) is 1.27. The lowest BCUT2D eigenvalue weighted by atomic mass is 10.5. The molecule has 0 radical (unpaired) electrons. The first-order valence-corrected chi connectivity index (χ1v) is 5.30. The van der Waals surface area contributed by atoms with Crippen LogP contribution in [0.3, 0.4) is 0 Å². The Morgan fingerprint density at radius 2 is 2.35 bits per heavy atom. The molecule has 0 bridgehead atoms. The molecule has 2 heterocycles. The van der Waals surface area contributed by atoms with Crippen LogP contribution in [0, 0.1) is 0 Å². The lowest BCUT2D eigenvalue weighted by Gasteiger charge is -2.05. The molecule has 90 valence electrons. The fraction of sp³-hybridized carbons (Fsp3) is 0.300. The van der Waals surface area contributed by atoms with Gasteiger partial charge in [0, 0.05) is 32.5 Å². The van der Waals surface area contributed by atoms with Crippen LogP contribution in [0.5, 0.6) is 0 Å². The maximum Gasteiger partial charge on any atom is 0.229 e. The van der Waals surface area contributed by atoms with Crippen molar-refractivity contribution >= 4 is 17.5 Å². The number of hydrogen-bond donors (Lipinski definition) is 3. The Labute approximate surface area is 99.1 Å². The van der Waals surface area contributed by atoms with Crippen LogP contribution >= 0.6 is 0 Å². The van der Waals surface area contributed by atoms with Crippen LogP contribution in [-0.4, -0.2) is 32.8 Å². The Morgan fingerprint density at radius 3 is 3.06 bits per heavy atom. The molecule has 0 aliphatic rings. The summed E-state index contributed by atoms with van der Waals surface area (Å²) < 4.78 is 1.71. The summed E-state index contributed by atoms with van der Waals surface area (Å²) in [6.07, 6.45) is 5.25. The molecule has 0 spiro atoms. The fourth-order valence-electron chi connectivity index (χ4n) is 1.33. The SMILES string of the molecule is Cn1cc(Nc2nccc(NCCN)n2)cn1. The number of rotatable bonds is 5. The predicted octanol–water partition coefficient (Wildman–Crippen LogP) is 0.324. The normalized spacial score (nSPS) is 10.2. The highest BCUT2D eigenvalue weighted by molar-refractivity contribution is 5.52. The van der Waals surface area contributed by atoms with Crippen LogP contribution in [0.25, 0.3) is 0 Å². The average Bonchev–Trinajstić information content (AvgIpc) is 2.73. The molecule has 2 aromatic heterocycles. The van der Waals surface area contributed by atoms with E-state index in [-0.39, 0.29) is 0 Å². The lowest BCUT2D eigenvalue weighted by molar-refractivity contribution is 0.768. The lowest BCUT2D eigenvalue weighted by Crippen LogP contribution is -2.14. The van der Waals surface area contributed by atoms with Crippen molar-refractivity contribution in [3.05, 3.63) is 24.7 Å². The van der Waals surface area contributed by atoms with Gasteiger partial charge in [-0.25, -0.2) is 4.98 Å². The Hall–Kier alpha value is -2.15. The Bertz CT molecular complexity index is 479. The molecule has 7 nitrogen and oxygen atoms in total. The predicted molar refractivity (Wildman–Crippen MR) is 66.1 cm³/mol. The van der Waals surface area contributed by atoms with Gasteiger partial charge in [0.1, 0.15) is 5.82 Å². The van der Waals surface area contributed by atoms with Gasteiger partial charge in [-0.1, -0.05) is 0 Å². The van der Waals surface area contributed by atoms with Crippen molar-refractivity contribution in [3.63, 3.8) is 0 Å². The van der Waals surface area contributed by atoms with Crippen LogP contribution in [0.1, 0.15) is 0 Å². The van der Waals surface area contributed by atoms with Gasteiger partial charge >= 0.3 is 0 Å². The van der Waals surface area contributed by atoms with Gasteiger partial charge in [0.2, 0.25) is 5.95 Å². The second kappa shape index (κ2) is 5.26. The summed E-state index contributed by atoms with van der Waals surface area (Å²) in [6, 6.07) is 1.80. The molecule has 4 N–H and O–H groups in total. The number of nitrogens with zero attached hydrogens (tertiary/aromatic N) is 4. The van der Waals surface area contributed by atoms with Crippen LogP contribution in [0.4, 0.5) is 17.5 Å². The van der Waals surface area contributed by atoms with E-state index >= 15 is 0 Å². The van der Waals surface area contributed by atoms with Crippen molar-refractivity contribution in [2.75, 3.05) is 23.7 Å². The maximum atomic E-state index is 5.41. The highest BCUT2D eigenvalue weighted by Gasteiger charge is 2.00.